The molecule has 0 aromatic carbocycles. The lowest BCUT2D eigenvalue weighted by Gasteiger charge is -2.21. The Morgan fingerprint density at radius 1 is 1.19 bits per heavy atom. The van der Waals surface area contributed by atoms with E-state index in [9.17, 15) is 9.59 Å². The second-order valence-corrected chi connectivity index (χ2v) is 3.42. The van der Waals surface area contributed by atoms with Crippen LogP contribution in [0.3, 0.4) is 0 Å². The van der Waals surface area contributed by atoms with Crippen LogP contribution in [0, 0.1) is 0 Å². The number of aliphatic hydroxyl groups excluding tert-OH is 2. The Kier molecular flexibility index (Phi) is 2.67. The number of rotatable bonds is 3. The van der Waals surface area contributed by atoms with Crippen molar-refractivity contribution in [1.29, 1.82) is 0 Å². The number of aliphatic hydroxyl groups is 2. The SMILES string of the molecule is O=C1c2ccncc2C(=O)N1C(CO)CO. The van der Waals surface area contributed by atoms with E-state index in [1.54, 1.807) is 0 Å². The van der Waals surface area contributed by atoms with Crippen LogP contribution in [0.5, 0.6) is 0 Å². The summed E-state index contributed by atoms with van der Waals surface area (Å²) >= 11 is 0. The van der Waals surface area contributed by atoms with Gasteiger partial charge in [0.1, 0.15) is 0 Å². The number of hydrogen-bond acceptors (Lipinski definition) is 5. The molecule has 0 saturated heterocycles. The number of pyridine rings is 1. The van der Waals surface area contributed by atoms with Crippen LogP contribution in [-0.2, 0) is 0 Å². The highest BCUT2D eigenvalue weighted by Gasteiger charge is 2.39. The molecule has 0 atom stereocenters. The summed E-state index contributed by atoms with van der Waals surface area (Å²) in [5.41, 5.74) is 0.464. The molecule has 2 rings (SSSR count). The molecule has 84 valence electrons. The van der Waals surface area contributed by atoms with Crippen molar-refractivity contribution in [3.8, 4) is 0 Å². The molecule has 1 aromatic heterocycles. The Morgan fingerprint density at radius 2 is 1.81 bits per heavy atom. The summed E-state index contributed by atoms with van der Waals surface area (Å²) in [5, 5.41) is 18.0. The fourth-order valence-electron chi connectivity index (χ4n) is 1.66. The van der Waals surface area contributed by atoms with E-state index < -0.39 is 31.1 Å². The van der Waals surface area contributed by atoms with Crippen LogP contribution in [-0.4, -0.2) is 51.2 Å². The molecule has 1 aliphatic heterocycles. The zero-order valence-corrected chi connectivity index (χ0v) is 8.33. The van der Waals surface area contributed by atoms with Gasteiger partial charge in [-0.15, -0.1) is 0 Å². The highest BCUT2D eigenvalue weighted by atomic mass is 16.3. The third-order valence-electron chi connectivity index (χ3n) is 2.51. The molecule has 0 aliphatic carbocycles. The van der Waals surface area contributed by atoms with Gasteiger partial charge in [-0.25, -0.2) is 0 Å². The molecule has 2 amide bonds. The first-order valence-corrected chi connectivity index (χ1v) is 4.74. The maximum absolute atomic E-state index is 11.8. The summed E-state index contributed by atoms with van der Waals surface area (Å²) in [6, 6.07) is 0.550. The van der Waals surface area contributed by atoms with Crippen molar-refractivity contribution >= 4 is 11.8 Å². The lowest BCUT2D eigenvalue weighted by Crippen LogP contribution is -2.44. The van der Waals surface area contributed by atoms with Gasteiger partial charge in [-0.2, -0.15) is 0 Å². The van der Waals surface area contributed by atoms with E-state index in [0.717, 1.165) is 4.90 Å². The molecule has 0 fully saturated rings. The van der Waals surface area contributed by atoms with Gasteiger partial charge >= 0.3 is 0 Å². The van der Waals surface area contributed by atoms with Gasteiger partial charge in [0.15, 0.2) is 0 Å². The topological polar surface area (TPSA) is 90.7 Å². The summed E-state index contributed by atoms with van der Waals surface area (Å²) in [6.07, 6.45) is 2.72. The second kappa shape index (κ2) is 3.99. The Bertz CT molecular complexity index is 407. The monoisotopic (exact) mass is 222 g/mol. The number of amides is 2. The first-order valence-electron chi connectivity index (χ1n) is 4.74. The third-order valence-corrected chi connectivity index (χ3v) is 2.51. The van der Waals surface area contributed by atoms with Crippen LogP contribution in [0.1, 0.15) is 20.7 Å². The van der Waals surface area contributed by atoms with Gasteiger partial charge in [0.25, 0.3) is 11.8 Å². The highest BCUT2D eigenvalue weighted by molar-refractivity contribution is 6.21. The van der Waals surface area contributed by atoms with E-state index in [1.165, 1.54) is 18.5 Å². The number of hydrogen-bond donors (Lipinski definition) is 2. The molecule has 1 aliphatic rings. The molecule has 0 unspecified atom stereocenters. The zero-order chi connectivity index (χ0) is 11.7. The van der Waals surface area contributed by atoms with E-state index in [0.29, 0.717) is 0 Å². The van der Waals surface area contributed by atoms with Crippen LogP contribution >= 0.6 is 0 Å². The number of carbonyl (C=O) groups is 2. The molecule has 0 bridgehead atoms. The molecule has 2 heterocycles. The maximum atomic E-state index is 11.8. The third kappa shape index (κ3) is 1.39. The zero-order valence-electron chi connectivity index (χ0n) is 8.33. The van der Waals surface area contributed by atoms with E-state index in [2.05, 4.69) is 4.98 Å². The highest BCUT2D eigenvalue weighted by Crippen LogP contribution is 2.23. The van der Waals surface area contributed by atoms with Crippen molar-refractivity contribution in [1.82, 2.24) is 9.88 Å². The van der Waals surface area contributed by atoms with Crippen molar-refractivity contribution in [2.45, 2.75) is 6.04 Å². The van der Waals surface area contributed by atoms with Crippen LogP contribution in [0.2, 0.25) is 0 Å². The summed E-state index contributed by atoms with van der Waals surface area (Å²) in [6.45, 7) is -0.926. The van der Waals surface area contributed by atoms with E-state index >= 15 is 0 Å². The maximum Gasteiger partial charge on any atom is 0.263 e. The fraction of sp³-hybridized carbons (Fsp3) is 0.300. The predicted molar refractivity (Wildman–Crippen MR) is 52.7 cm³/mol. The number of carbonyl (C=O) groups excluding carboxylic acids is 2. The van der Waals surface area contributed by atoms with Crippen LogP contribution < -0.4 is 0 Å². The number of fused-ring (bicyclic) bond motifs is 1. The van der Waals surface area contributed by atoms with Crippen molar-refractivity contribution in [2.24, 2.45) is 0 Å². The average Bonchev–Trinajstić information content (AvgIpc) is 2.57. The molecule has 6 heteroatoms. The number of imide groups is 1. The molecule has 0 radical (unpaired) electrons. The van der Waals surface area contributed by atoms with Gasteiger partial charge in [-0.1, -0.05) is 0 Å². The summed E-state index contributed by atoms with van der Waals surface area (Å²) in [7, 11) is 0. The Morgan fingerprint density at radius 3 is 2.38 bits per heavy atom. The molecule has 1 aromatic rings. The smallest absolute Gasteiger partial charge is 0.263 e. The van der Waals surface area contributed by atoms with Crippen molar-refractivity contribution in [3.63, 3.8) is 0 Å². The summed E-state index contributed by atoms with van der Waals surface area (Å²) < 4.78 is 0. The molecule has 0 spiro atoms. The second-order valence-electron chi connectivity index (χ2n) is 3.42. The standard InChI is InChI=1S/C10H10N2O4/c13-4-6(5-14)12-9(15)7-1-2-11-3-8(7)10(12)16/h1-3,6,13-14H,4-5H2. The van der Waals surface area contributed by atoms with Crippen molar-refractivity contribution in [3.05, 3.63) is 29.6 Å². The van der Waals surface area contributed by atoms with Crippen LogP contribution in [0.25, 0.3) is 0 Å². The Hall–Kier alpha value is -1.79. The number of aromatic nitrogens is 1. The van der Waals surface area contributed by atoms with Gasteiger partial charge in [0, 0.05) is 12.4 Å². The summed E-state index contributed by atoms with van der Waals surface area (Å²) in [5.74, 6) is -1.03. The minimum absolute atomic E-state index is 0.208. The predicted octanol–water partition coefficient (Wildman–Crippen LogP) is -0.969. The first-order chi connectivity index (χ1) is 7.70. The lowest BCUT2D eigenvalue weighted by atomic mass is 10.2. The lowest BCUT2D eigenvalue weighted by molar-refractivity contribution is 0.0418. The number of nitrogens with zero attached hydrogens (tertiary/aromatic N) is 2. The quantitative estimate of drug-likeness (QED) is 0.642. The van der Waals surface area contributed by atoms with Crippen molar-refractivity contribution in [2.75, 3.05) is 13.2 Å². The minimum Gasteiger partial charge on any atom is -0.394 e. The van der Waals surface area contributed by atoms with Gasteiger partial charge < -0.3 is 10.2 Å². The minimum atomic E-state index is -0.896. The Labute approximate surface area is 91.1 Å². The van der Waals surface area contributed by atoms with E-state index in [1.807, 2.05) is 0 Å². The van der Waals surface area contributed by atoms with Gasteiger partial charge in [-0.05, 0) is 6.07 Å². The van der Waals surface area contributed by atoms with Crippen LogP contribution in [0.15, 0.2) is 18.5 Å². The molecular formula is C10H10N2O4. The molecule has 6 nitrogen and oxygen atoms in total. The summed E-state index contributed by atoms with van der Waals surface area (Å²) in [4.78, 5) is 28.3. The average molecular weight is 222 g/mol. The van der Waals surface area contributed by atoms with Gasteiger partial charge in [-0.3, -0.25) is 19.5 Å². The van der Waals surface area contributed by atoms with Crippen molar-refractivity contribution < 1.29 is 19.8 Å². The molecule has 0 saturated carbocycles. The Balaban J connectivity index is 2.42. The largest absolute Gasteiger partial charge is 0.394 e. The van der Waals surface area contributed by atoms with Gasteiger partial charge in [0.05, 0.1) is 30.4 Å². The van der Waals surface area contributed by atoms with E-state index in [4.69, 9.17) is 10.2 Å². The molecule has 16 heavy (non-hydrogen) atoms. The first kappa shape index (κ1) is 10.7. The van der Waals surface area contributed by atoms with E-state index in [-0.39, 0.29) is 11.1 Å². The fourth-order valence-corrected chi connectivity index (χ4v) is 1.66. The molecular weight excluding hydrogens is 212 g/mol. The van der Waals surface area contributed by atoms with Crippen LogP contribution in [0.4, 0.5) is 0 Å². The van der Waals surface area contributed by atoms with Gasteiger partial charge in [0.2, 0.25) is 0 Å². The molecule has 2 N–H and O–H groups in total. The normalized spacial score (nSPS) is 14.8.